The minimum absolute atomic E-state index is 0.0560. The van der Waals surface area contributed by atoms with Gasteiger partial charge in [-0.1, -0.05) is 6.58 Å². The Morgan fingerprint density at radius 3 is 2.33 bits per heavy atom. The largest absolute Gasteiger partial charge is 0.381 e. The first kappa shape index (κ1) is 22.5. The highest BCUT2D eigenvalue weighted by Gasteiger charge is 2.29. The molecule has 3 rings (SSSR count). The molecule has 2 amide bonds. The maximum atomic E-state index is 12.9. The van der Waals surface area contributed by atoms with E-state index in [0.29, 0.717) is 64.2 Å². The van der Waals surface area contributed by atoms with Crippen LogP contribution in [0.25, 0.3) is 0 Å². The molecule has 0 saturated carbocycles. The second kappa shape index (κ2) is 10.2. The van der Waals surface area contributed by atoms with E-state index in [4.69, 9.17) is 4.74 Å². The number of nitrogens with one attached hydrogen (secondary N) is 2. The summed E-state index contributed by atoms with van der Waals surface area (Å²) in [5, 5.41) is 5.63. The standard InChI is InChI=1S/C21H29N3O5S/c1-2-20(25)22-15-16-7-11-24(12-8-16)30(27,28)19-5-3-18(4-6-19)23-21(26)17-9-13-29-14-10-17/h2-6,16-17H,1,7-15H2,(H,22,25)(H,23,26). The molecule has 0 bridgehead atoms. The molecule has 0 aliphatic carbocycles. The van der Waals surface area contributed by atoms with E-state index in [-0.39, 0.29) is 28.5 Å². The molecule has 1 aromatic carbocycles. The van der Waals surface area contributed by atoms with Crippen LogP contribution in [0.3, 0.4) is 0 Å². The van der Waals surface area contributed by atoms with Crippen LogP contribution in [0.5, 0.6) is 0 Å². The third kappa shape index (κ3) is 5.68. The molecule has 2 fully saturated rings. The Morgan fingerprint density at radius 1 is 1.10 bits per heavy atom. The lowest BCUT2D eigenvalue weighted by molar-refractivity contribution is -0.122. The van der Waals surface area contributed by atoms with Crippen LogP contribution in [0.2, 0.25) is 0 Å². The predicted octanol–water partition coefficient (Wildman–Crippen LogP) is 1.75. The van der Waals surface area contributed by atoms with Crippen LogP contribution in [-0.2, 0) is 24.3 Å². The number of hydrogen-bond donors (Lipinski definition) is 2. The van der Waals surface area contributed by atoms with Gasteiger partial charge in [-0.3, -0.25) is 9.59 Å². The molecule has 30 heavy (non-hydrogen) atoms. The zero-order chi connectivity index (χ0) is 21.6. The van der Waals surface area contributed by atoms with Gasteiger partial charge in [-0.2, -0.15) is 4.31 Å². The molecule has 9 heteroatoms. The van der Waals surface area contributed by atoms with Crippen LogP contribution in [-0.4, -0.2) is 57.4 Å². The zero-order valence-electron chi connectivity index (χ0n) is 17.0. The monoisotopic (exact) mass is 435 g/mol. The molecule has 2 aliphatic rings. The Bertz CT molecular complexity index is 855. The molecule has 0 radical (unpaired) electrons. The average Bonchev–Trinajstić information content (AvgIpc) is 2.78. The van der Waals surface area contributed by atoms with Gasteiger partial charge in [-0.25, -0.2) is 8.42 Å². The van der Waals surface area contributed by atoms with Crippen LogP contribution in [0.4, 0.5) is 5.69 Å². The van der Waals surface area contributed by atoms with E-state index in [1.165, 1.54) is 22.5 Å². The SMILES string of the molecule is C=CC(=O)NCC1CCN(S(=O)(=O)c2ccc(NC(=O)C3CCOCC3)cc2)CC1. The smallest absolute Gasteiger partial charge is 0.243 e. The number of carbonyl (C=O) groups is 2. The van der Waals surface area contributed by atoms with Crippen molar-refractivity contribution < 1.29 is 22.7 Å². The Kier molecular flexibility index (Phi) is 7.63. The fourth-order valence-electron chi connectivity index (χ4n) is 3.73. The van der Waals surface area contributed by atoms with Gasteiger partial charge in [0.25, 0.3) is 0 Å². The average molecular weight is 436 g/mol. The first-order chi connectivity index (χ1) is 14.4. The first-order valence-corrected chi connectivity index (χ1v) is 11.7. The number of anilines is 1. The molecule has 0 aromatic heterocycles. The third-order valence-electron chi connectivity index (χ3n) is 5.68. The minimum atomic E-state index is -3.59. The van der Waals surface area contributed by atoms with E-state index in [0.717, 1.165) is 0 Å². The second-order valence-corrected chi connectivity index (χ2v) is 9.63. The van der Waals surface area contributed by atoms with E-state index in [2.05, 4.69) is 17.2 Å². The number of piperidine rings is 1. The summed E-state index contributed by atoms with van der Waals surface area (Å²) in [7, 11) is -3.59. The molecule has 1 aromatic rings. The van der Waals surface area contributed by atoms with Crippen molar-refractivity contribution in [1.29, 1.82) is 0 Å². The van der Waals surface area contributed by atoms with Crippen molar-refractivity contribution in [3.8, 4) is 0 Å². The number of sulfonamides is 1. The summed E-state index contributed by atoms with van der Waals surface area (Å²) in [6.45, 7) is 5.96. The maximum absolute atomic E-state index is 12.9. The van der Waals surface area contributed by atoms with Crippen molar-refractivity contribution in [2.75, 3.05) is 38.2 Å². The van der Waals surface area contributed by atoms with Gasteiger partial charge < -0.3 is 15.4 Å². The van der Waals surface area contributed by atoms with Crippen molar-refractivity contribution in [1.82, 2.24) is 9.62 Å². The summed E-state index contributed by atoms with van der Waals surface area (Å²) in [6, 6.07) is 6.32. The van der Waals surface area contributed by atoms with Gasteiger partial charge in [-0.15, -0.1) is 0 Å². The van der Waals surface area contributed by atoms with Crippen LogP contribution in [0.15, 0.2) is 41.8 Å². The number of rotatable bonds is 7. The highest BCUT2D eigenvalue weighted by atomic mass is 32.2. The normalized spacial score (nSPS) is 19.2. The molecule has 2 aliphatic heterocycles. The van der Waals surface area contributed by atoms with Gasteiger partial charge in [0, 0.05) is 44.5 Å². The summed E-state index contributed by atoms with van der Waals surface area (Å²) in [5.41, 5.74) is 0.585. The van der Waals surface area contributed by atoms with Crippen LogP contribution in [0.1, 0.15) is 25.7 Å². The third-order valence-corrected chi connectivity index (χ3v) is 7.59. The van der Waals surface area contributed by atoms with Crippen LogP contribution >= 0.6 is 0 Å². The van der Waals surface area contributed by atoms with E-state index in [1.807, 2.05) is 0 Å². The molecule has 164 valence electrons. The predicted molar refractivity (Wildman–Crippen MR) is 113 cm³/mol. The summed E-state index contributed by atoms with van der Waals surface area (Å²) in [6.07, 6.45) is 4.01. The molecule has 2 N–H and O–H groups in total. The number of benzene rings is 1. The van der Waals surface area contributed by atoms with Crippen molar-refractivity contribution >= 4 is 27.5 Å². The number of carbonyl (C=O) groups excluding carboxylic acids is 2. The van der Waals surface area contributed by atoms with Crippen molar-refractivity contribution in [3.05, 3.63) is 36.9 Å². The molecule has 8 nitrogen and oxygen atoms in total. The summed E-state index contributed by atoms with van der Waals surface area (Å²) in [5.74, 6) is -0.0866. The van der Waals surface area contributed by atoms with Gasteiger partial charge in [-0.05, 0) is 61.9 Å². The fraction of sp³-hybridized carbons (Fsp3) is 0.524. The van der Waals surface area contributed by atoms with E-state index in [1.54, 1.807) is 12.1 Å². The summed E-state index contributed by atoms with van der Waals surface area (Å²) >= 11 is 0. The van der Waals surface area contributed by atoms with Gasteiger partial charge in [0.05, 0.1) is 4.90 Å². The van der Waals surface area contributed by atoms with Gasteiger partial charge in [0.2, 0.25) is 21.8 Å². The van der Waals surface area contributed by atoms with Crippen LogP contribution in [0, 0.1) is 11.8 Å². The maximum Gasteiger partial charge on any atom is 0.243 e. The van der Waals surface area contributed by atoms with Crippen molar-refractivity contribution in [2.45, 2.75) is 30.6 Å². The lowest BCUT2D eigenvalue weighted by Gasteiger charge is -2.31. The zero-order valence-corrected chi connectivity index (χ0v) is 17.8. The lowest BCUT2D eigenvalue weighted by atomic mass is 9.98. The Labute approximate surface area is 177 Å². The van der Waals surface area contributed by atoms with Gasteiger partial charge in [0.1, 0.15) is 0 Å². The molecular weight excluding hydrogens is 406 g/mol. The first-order valence-electron chi connectivity index (χ1n) is 10.3. The Hall–Kier alpha value is -2.23. The fourth-order valence-corrected chi connectivity index (χ4v) is 5.20. The van der Waals surface area contributed by atoms with Crippen molar-refractivity contribution in [2.24, 2.45) is 11.8 Å². The molecular formula is C21H29N3O5S. The Balaban J connectivity index is 1.54. The number of ether oxygens (including phenoxy) is 1. The summed E-state index contributed by atoms with van der Waals surface area (Å²) < 4.78 is 32.6. The lowest BCUT2D eigenvalue weighted by Crippen LogP contribution is -2.41. The minimum Gasteiger partial charge on any atom is -0.381 e. The summed E-state index contributed by atoms with van der Waals surface area (Å²) in [4.78, 5) is 23.8. The molecule has 2 saturated heterocycles. The molecule has 0 spiro atoms. The highest BCUT2D eigenvalue weighted by Crippen LogP contribution is 2.25. The second-order valence-electron chi connectivity index (χ2n) is 7.70. The van der Waals surface area contributed by atoms with E-state index >= 15 is 0 Å². The molecule has 2 heterocycles. The topological polar surface area (TPSA) is 105 Å². The van der Waals surface area contributed by atoms with E-state index < -0.39 is 10.0 Å². The van der Waals surface area contributed by atoms with Gasteiger partial charge >= 0.3 is 0 Å². The van der Waals surface area contributed by atoms with Crippen molar-refractivity contribution in [3.63, 3.8) is 0 Å². The number of hydrogen-bond acceptors (Lipinski definition) is 5. The molecule has 0 unspecified atom stereocenters. The number of nitrogens with zero attached hydrogens (tertiary/aromatic N) is 1. The number of amides is 2. The quantitative estimate of drug-likeness (QED) is 0.635. The highest BCUT2D eigenvalue weighted by molar-refractivity contribution is 7.89. The molecule has 0 atom stereocenters. The van der Waals surface area contributed by atoms with E-state index in [9.17, 15) is 18.0 Å². The Morgan fingerprint density at radius 2 is 1.73 bits per heavy atom. The van der Waals surface area contributed by atoms with Gasteiger partial charge in [0.15, 0.2) is 0 Å². The van der Waals surface area contributed by atoms with Crippen LogP contribution < -0.4 is 10.6 Å².